The molecule has 0 fully saturated rings. The van der Waals surface area contributed by atoms with E-state index in [0.717, 1.165) is 103 Å². The van der Waals surface area contributed by atoms with Crippen LogP contribution in [0.1, 0.15) is 316 Å². The average molecular weight is 1050 g/mol. The summed E-state index contributed by atoms with van der Waals surface area (Å²) in [7, 11) is 0. The predicted octanol–water partition coefficient (Wildman–Crippen LogP) is 21.9. The number of ether oxygens (including phenoxy) is 3. The molecule has 0 aromatic heterocycles. The van der Waals surface area contributed by atoms with Crippen LogP contribution in [0.15, 0.2) is 85.1 Å². The van der Waals surface area contributed by atoms with Gasteiger partial charge in [0, 0.05) is 19.3 Å². The number of carbonyl (C=O) groups excluding carboxylic acids is 3. The number of unbranched alkanes of at least 4 members (excludes halogenated alkanes) is 33. The molecule has 432 valence electrons. The maximum atomic E-state index is 12.9. The lowest BCUT2D eigenvalue weighted by molar-refractivity contribution is -0.167. The van der Waals surface area contributed by atoms with Crippen molar-refractivity contribution in [2.45, 2.75) is 322 Å². The second kappa shape index (κ2) is 63.1. The summed E-state index contributed by atoms with van der Waals surface area (Å²) in [6.45, 7) is 6.53. The zero-order chi connectivity index (χ0) is 54.3. The van der Waals surface area contributed by atoms with E-state index in [9.17, 15) is 14.4 Å². The fraction of sp³-hybridized carbons (Fsp3) is 0.754. The highest BCUT2D eigenvalue weighted by Gasteiger charge is 2.19. The van der Waals surface area contributed by atoms with Crippen molar-refractivity contribution in [2.24, 2.45) is 0 Å². The molecule has 0 heterocycles. The summed E-state index contributed by atoms with van der Waals surface area (Å²) in [6.07, 6.45) is 83.1. The van der Waals surface area contributed by atoms with Gasteiger partial charge in [0.1, 0.15) is 13.2 Å². The Balaban J connectivity index is 4.23. The summed E-state index contributed by atoms with van der Waals surface area (Å²) in [6, 6.07) is 0. The lowest BCUT2D eigenvalue weighted by Crippen LogP contribution is -2.30. The van der Waals surface area contributed by atoms with Crippen LogP contribution in [0.3, 0.4) is 0 Å². The normalized spacial score (nSPS) is 12.6. The summed E-state index contributed by atoms with van der Waals surface area (Å²) >= 11 is 0. The zero-order valence-electron chi connectivity index (χ0n) is 49.6. The molecule has 0 rings (SSSR count). The second-order valence-electron chi connectivity index (χ2n) is 21.3. The highest BCUT2D eigenvalue weighted by atomic mass is 16.6. The van der Waals surface area contributed by atoms with Crippen molar-refractivity contribution in [3.63, 3.8) is 0 Å². The van der Waals surface area contributed by atoms with Gasteiger partial charge < -0.3 is 14.2 Å². The summed E-state index contributed by atoms with van der Waals surface area (Å²) in [4.78, 5) is 38.2. The predicted molar refractivity (Wildman–Crippen MR) is 325 cm³/mol. The van der Waals surface area contributed by atoms with Gasteiger partial charge in [0.25, 0.3) is 0 Å². The van der Waals surface area contributed by atoms with E-state index in [1.165, 1.54) is 173 Å². The molecule has 6 heteroatoms. The molecule has 0 N–H and O–H groups in total. The molecule has 1 unspecified atom stereocenters. The van der Waals surface area contributed by atoms with Crippen LogP contribution in [0.25, 0.3) is 0 Å². The maximum Gasteiger partial charge on any atom is 0.306 e. The third-order valence-corrected chi connectivity index (χ3v) is 13.9. The largest absolute Gasteiger partial charge is 0.462 e. The molecule has 0 bridgehead atoms. The van der Waals surface area contributed by atoms with Crippen LogP contribution >= 0.6 is 0 Å². The van der Waals surface area contributed by atoms with Crippen molar-refractivity contribution in [2.75, 3.05) is 13.2 Å². The Morgan fingerprint density at radius 2 is 0.520 bits per heavy atom. The van der Waals surface area contributed by atoms with Crippen molar-refractivity contribution in [1.82, 2.24) is 0 Å². The number of rotatable bonds is 58. The fourth-order valence-corrected chi connectivity index (χ4v) is 9.09. The Kier molecular flexibility index (Phi) is 60.3. The highest BCUT2D eigenvalue weighted by molar-refractivity contribution is 5.71. The molecule has 0 saturated carbocycles. The molecule has 0 aromatic carbocycles. The van der Waals surface area contributed by atoms with E-state index in [1.54, 1.807) is 0 Å². The van der Waals surface area contributed by atoms with Gasteiger partial charge in [0.05, 0.1) is 0 Å². The fourth-order valence-electron chi connectivity index (χ4n) is 9.09. The molecule has 75 heavy (non-hydrogen) atoms. The Morgan fingerprint density at radius 1 is 0.280 bits per heavy atom. The summed E-state index contributed by atoms with van der Waals surface area (Å²) in [5.41, 5.74) is 0. The molecule has 6 nitrogen and oxygen atoms in total. The van der Waals surface area contributed by atoms with Crippen molar-refractivity contribution in [1.29, 1.82) is 0 Å². The molecule has 0 amide bonds. The van der Waals surface area contributed by atoms with E-state index >= 15 is 0 Å². The topological polar surface area (TPSA) is 78.9 Å². The summed E-state index contributed by atoms with van der Waals surface area (Å²) in [5, 5.41) is 0. The quantitative estimate of drug-likeness (QED) is 0.0261. The van der Waals surface area contributed by atoms with E-state index in [1.807, 2.05) is 0 Å². The molecule has 1 atom stereocenters. The van der Waals surface area contributed by atoms with Crippen LogP contribution in [-0.2, 0) is 28.6 Å². The van der Waals surface area contributed by atoms with Gasteiger partial charge in [-0.2, -0.15) is 0 Å². The third kappa shape index (κ3) is 61.3. The average Bonchev–Trinajstić information content (AvgIpc) is 3.41. The number of hydrogen-bond acceptors (Lipinski definition) is 6. The maximum absolute atomic E-state index is 12.9. The minimum absolute atomic E-state index is 0.0771. The smallest absolute Gasteiger partial charge is 0.306 e. The number of carbonyl (C=O) groups is 3. The Bertz CT molecular complexity index is 1430. The summed E-state index contributed by atoms with van der Waals surface area (Å²) < 4.78 is 16.9. The standard InChI is InChI=1S/C69H120O6/c1-4-7-10-13-16-19-21-23-25-27-29-31-32-33-34-35-36-38-39-41-43-45-47-50-53-56-59-62-68(71)74-65-66(64-73-67(70)61-58-55-52-49-18-15-12-9-6-3)75-69(72)63-60-57-54-51-48-46-44-42-40-37-30-28-26-24-22-20-17-14-11-8-5-2/h7,10,16,19,23,25,28-31,33-34,36,38,66H,4-6,8-9,11-15,17-18,20-22,24,26-27,32,35,37,39-65H2,1-3H3/b10-7-,19-16-,25-23-,30-28-,31-29-,34-33-,38-36-. The summed E-state index contributed by atoms with van der Waals surface area (Å²) in [5.74, 6) is -0.879. The monoisotopic (exact) mass is 1040 g/mol. The van der Waals surface area contributed by atoms with Crippen LogP contribution in [0, 0.1) is 0 Å². The molecule has 0 spiro atoms. The SMILES string of the molecule is CC/C=C\C/C=C\C/C=C\C/C=C\C/C=C\C/C=C\CCCCCCCCCCC(=O)OCC(COC(=O)CCCCCCCCCCC)OC(=O)CCCCCCCCCCC/C=C\CCCCCCCCCC. The van der Waals surface area contributed by atoms with Gasteiger partial charge in [-0.3, -0.25) is 14.4 Å². The van der Waals surface area contributed by atoms with Crippen molar-refractivity contribution < 1.29 is 28.6 Å². The van der Waals surface area contributed by atoms with Gasteiger partial charge >= 0.3 is 17.9 Å². The van der Waals surface area contributed by atoms with E-state index in [2.05, 4.69) is 106 Å². The Hall–Kier alpha value is -3.41. The van der Waals surface area contributed by atoms with Gasteiger partial charge in [-0.15, -0.1) is 0 Å². The second-order valence-corrected chi connectivity index (χ2v) is 21.3. The molecule has 0 saturated heterocycles. The third-order valence-electron chi connectivity index (χ3n) is 13.9. The minimum Gasteiger partial charge on any atom is -0.462 e. The molecule has 0 aliphatic heterocycles. The Labute approximate surface area is 465 Å². The van der Waals surface area contributed by atoms with Gasteiger partial charge in [-0.05, 0) is 96.3 Å². The lowest BCUT2D eigenvalue weighted by atomic mass is 10.1. The van der Waals surface area contributed by atoms with Gasteiger partial charge in [0.2, 0.25) is 0 Å². The molecular weight excluding hydrogens is 925 g/mol. The number of esters is 3. The van der Waals surface area contributed by atoms with Crippen molar-refractivity contribution in [3.05, 3.63) is 85.1 Å². The van der Waals surface area contributed by atoms with E-state index in [-0.39, 0.29) is 31.1 Å². The van der Waals surface area contributed by atoms with Crippen LogP contribution < -0.4 is 0 Å². The highest BCUT2D eigenvalue weighted by Crippen LogP contribution is 2.16. The number of hydrogen-bond donors (Lipinski definition) is 0. The van der Waals surface area contributed by atoms with Crippen LogP contribution in [0.5, 0.6) is 0 Å². The first-order valence-electron chi connectivity index (χ1n) is 32.1. The molecule has 0 aromatic rings. The van der Waals surface area contributed by atoms with Crippen LogP contribution in [0.2, 0.25) is 0 Å². The van der Waals surface area contributed by atoms with Crippen molar-refractivity contribution in [3.8, 4) is 0 Å². The van der Waals surface area contributed by atoms with E-state index in [0.29, 0.717) is 19.3 Å². The van der Waals surface area contributed by atoms with Crippen molar-refractivity contribution >= 4 is 17.9 Å². The van der Waals surface area contributed by atoms with Gasteiger partial charge in [-0.25, -0.2) is 0 Å². The molecule has 0 aliphatic carbocycles. The van der Waals surface area contributed by atoms with E-state index < -0.39 is 6.10 Å². The van der Waals surface area contributed by atoms with Crippen LogP contribution in [-0.4, -0.2) is 37.2 Å². The Morgan fingerprint density at radius 3 is 0.827 bits per heavy atom. The van der Waals surface area contributed by atoms with Gasteiger partial charge in [0.15, 0.2) is 6.10 Å². The van der Waals surface area contributed by atoms with Crippen LogP contribution in [0.4, 0.5) is 0 Å². The molecular formula is C69H120O6. The zero-order valence-corrected chi connectivity index (χ0v) is 49.6. The first kappa shape index (κ1) is 71.6. The van der Waals surface area contributed by atoms with Gasteiger partial charge in [-0.1, -0.05) is 286 Å². The number of allylic oxidation sites excluding steroid dienone is 14. The molecule has 0 radical (unpaired) electrons. The molecule has 0 aliphatic rings. The first-order valence-corrected chi connectivity index (χ1v) is 32.1. The van der Waals surface area contributed by atoms with E-state index in [4.69, 9.17) is 14.2 Å². The lowest BCUT2D eigenvalue weighted by Gasteiger charge is -2.18. The first-order chi connectivity index (χ1) is 37.0. The minimum atomic E-state index is -0.779.